The van der Waals surface area contributed by atoms with Gasteiger partial charge in [-0.2, -0.15) is 4.31 Å². The Morgan fingerprint density at radius 1 is 1.33 bits per heavy atom. The Kier molecular flexibility index (Phi) is 4.29. The predicted molar refractivity (Wildman–Crippen MR) is 86.2 cm³/mol. The summed E-state index contributed by atoms with van der Waals surface area (Å²) in [5, 5.41) is 2.51. The van der Waals surface area contributed by atoms with Gasteiger partial charge < -0.3 is 14.6 Å². The number of carbonyl (C=O) groups excluding carboxylic acids is 1. The molecule has 2 heterocycles. The average Bonchev–Trinajstić information content (AvgIpc) is 3.04. The first-order valence-electron chi connectivity index (χ1n) is 7.38. The van der Waals surface area contributed by atoms with Crippen molar-refractivity contribution in [3.05, 3.63) is 42.0 Å². The lowest BCUT2D eigenvalue weighted by atomic mass is 10.3. The quantitative estimate of drug-likeness (QED) is 0.864. The van der Waals surface area contributed by atoms with Crippen LogP contribution in [0.2, 0.25) is 0 Å². The van der Waals surface area contributed by atoms with Crippen LogP contribution in [-0.2, 0) is 23.1 Å². The molecule has 9 heteroatoms. The van der Waals surface area contributed by atoms with Crippen LogP contribution >= 0.6 is 0 Å². The summed E-state index contributed by atoms with van der Waals surface area (Å²) >= 11 is 0. The van der Waals surface area contributed by atoms with E-state index in [1.807, 2.05) is 4.57 Å². The van der Waals surface area contributed by atoms with Crippen molar-refractivity contribution in [2.45, 2.75) is 18.0 Å². The fourth-order valence-electron chi connectivity index (χ4n) is 2.58. The lowest BCUT2D eigenvalue weighted by Crippen LogP contribution is -2.38. The maximum absolute atomic E-state index is 12.8. The van der Waals surface area contributed by atoms with E-state index in [0.717, 1.165) is 0 Å². The molecule has 24 heavy (non-hydrogen) atoms. The zero-order valence-electron chi connectivity index (χ0n) is 13.4. The number of hydrogen-bond acceptors (Lipinski definition) is 5. The number of imidazole rings is 1. The van der Waals surface area contributed by atoms with Crippen LogP contribution in [0.15, 0.2) is 35.4 Å². The van der Waals surface area contributed by atoms with Gasteiger partial charge in [-0.3, -0.25) is 4.79 Å². The molecule has 0 spiro atoms. The Bertz CT molecular complexity index is 875. The number of carbonyl (C=O) groups is 1. The van der Waals surface area contributed by atoms with Crippen LogP contribution in [-0.4, -0.2) is 48.9 Å². The molecule has 0 fully saturated rings. The second-order valence-corrected chi connectivity index (χ2v) is 7.27. The summed E-state index contributed by atoms with van der Waals surface area (Å²) < 4.78 is 33.9. The summed E-state index contributed by atoms with van der Waals surface area (Å²) in [7, 11) is -0.637. The van der Waals surface area contributed by atoms with Crippen molar-refractivity contribution in [1.82, 2.24) is 19.2 Å². The van der Waals surface area contributed by atoms with Gasteiger partial charge in [0.25, 0.3) is 5.91 Å². The third kappa shape index (κ3) is 2.87. The predicted octanol–water partition coefficient (Wildman–Crippen LogP) is 0.456. The average molecular weight is 350 g/mol. The number of methoxy groups -OCH3 is 1. The summed E-state index contributed by atoms with van der Waals surface area (Å²) in [4.78, 5) is 16.1. The number of sulfonamides is 1. The lowest BCUT2D eigenvalue weighted by Gasteiger charge is -2.26. The van der Waals surface area contributed by atoms with Crippen LogP contribution in [0.4, 0.5) is 0 Å². The zero-order valence-corrected chi connectivity index (χ0v) is 14.2. The van der Waals surface area contributed by atoms with Gasteiger partial charge in [0.15, 0.2) is 0 Å². The van der Waals surface area contributed by atoms with Gasteiger partial charge in [0, 0.05) is 32.4 Å². The highest BCUT2D eigenvalue weighted by molar-refractivity contribution is 7.89. The molecule has 1 aliphatic heterocycles. The van der Waals surface area contributed by atoms with E-state index in [-0.39, 0.29) is 23.0 Å². The van der Waals surface area contributed by atoms with Crippen molar-refractivity contribution in [1.29, 1.82) is 0 Å². The minimum Gasteiger partial charge on any atom is -0.497 e. The number of ether oxygens (including phenoxy) is 1. The number of aromatic nitrogens is 2. The normalized spacial score (nSPS) is 14.9. The Balaban J connectivity index is 1.88. The molecular formula is C15H18N4O4S. The highest BCUT2D eigenvalue weighted by Gasteiger charge is 2.30. The van der Waals surface area contributed by atoms with E-state index in [0.29, 0.717) is 24.7 Å². The van der Waals surface area contributed by atoms with E-state index < -0.39 is 10.0 Å². The van der Waals surface area contributed by atoms with Gasteiger partial charge in [-0.1, -0.05) is 6.07 Å². The van der Waals surface area contributed by atoms with Crippen molar-refractivity contribution < 1.29 is 17.9 Å². The molecule has 0 unspecified atom stereocenters. The summed E-state index contributed by atoms with van der Waals surface area (Å²) in [6.07, 6.45) is 1.64. The van der Waals surface area contributed by atoms with Crippen LogP contribution in [0, 0.1) is 0 Å². The molecule has 1 N–H and O–H groups in total. The van der Waals surface area contributed by atoms with Gasteiger partial charge in [-0.15, -0.1) is 0 Å². The van der Waals surface area contributed by atoms with Crippen molar-refractivity contribution in [3.63, 3.8) is 0 Å². The Morgan fingerprint density at radius 3 is 2.83 bits per heavy atom. The molecule has 1 aromatic carbocycles. The number of rotatable bonds is 4. The van der Waals surface area contributed by atoms with Gasteiger partial charge >= 0.3 is 0 Å². The maximum atomic E-state index is 12.8. The minimum atomic E-state index is -3.65. The molecule has 8 nitrogen and oxygen atoms in total. The number of amides is 1. The second-order valence-electron chi connectivity index (χ2n) is 5.33. The summed E-state index contributed by atoms with van der Waals surface area (Å²) in [6.45, 7) is 0.884. The highest BCUT2D eigenvalue weighted by atomic mass is 32.2. The Labute approximate surface area is 140 Å². The van der Waals surface area contributed by atoms with E-state index in [1.54, 1.807) is 18.3 Å². The molecule has 3 rings (SSSR count). The molecular weight excluding hydrogens is 332 g/mol. The number of fused-ring (bicyclic) bond motifs is 1. The number of benzene rings is 1. The molecule has 0 saturated heterocycles. The summed E-state index contributed by atoms with van der Waals surface area (Å²) in [5.74, 6) is 0.738. The molecule has 128 valence electrons. The largest absolute Gasteiger partial charge is 0.497 e. The smallest absolute Gasteiger partial charge is 0.271 e. The molecule has 2 aromatic rings. The lowest BCUT2D eigenvalue weighted by molar-refractivity contribution is 0.0958. The Morgan fingerprint density at radius 2 is 2.12 bits per heavy atom. The van der Waals surface area contributed by atoms with Crippen LogP contribution in [0.3, 0.4) is 0 Å². The molecule has 0 atom stereocenters. The van der Waals surface area contributed by atoms with E-state index >= 15 is 0 Å². The standard InChI is InChI=1S/C15H18N4O4S/c1-16-15(20)13-9-18-6-7-19(10-14(18)17-13)24(21,22)12-5-3-4-11(8-12)23-2/h3-5,8-9H,6-7,10H2,1-2H3,(H,16,20). The van der Waals surface area contributed by atoms with E-state index in [4.69, 9.17) is 4.74 Å². The molecule has 0 radical (unpaired) electrons. The van der Waals surface area contributed by atoms with Crippen LogP contribution in [0.25, 0.3) is 0 Å². The third-order valence-electron chi connectivity index (χ3n) is 3.91. The first-order valence-corrected chi connectivity index (χ1v) is 8.82. The topological polar surface area (TPSA) is 93.5 Å². The fourth-order valence-corrected chi connectivity index (χ4v) is 4.00. The van der Waals surface area contributed by atoms with Crippen molar-refractivity contribution in [3.8, 4) is 5.75 Å². The second kappa shape index (κ2) is 6.25. The molecule has 1 aliphatic rings. The summed E-state index contributed by atoms with van der Waals surface area (Å²) in [6, 6.07) is 6.36. The Hall–Kier alpha value is -2.39. The monoisotopic (exact) mass is 350 g/mol. The SMILES string of the molecule is CNC(=O)c1cn2c(n1)CN(S(=O)(=O)c1cccc(OC)c1)CC2. The van der Waals surface area contributed by atoms with E-state index in [1.165, 1.54) is 30.6 Å². The molecule has 1 amide bonds. The van der Waals surface area contributed by atoms with E-state index in [9.17, 15) is 13.2 Å². The first kappa shape index (κ1) is 16.5. The van der Waals surface area contributed by atoms with Gasteiger partial charge in [-0.05, 0) is 12.1 Å². The minimum absolute atomic E-state index is 0.122. The van der Waals surface area contributed by atoms with Gasteiger partial charge in [0.2, 0.25) is 10.0 Å². The number of nitrogens with zero attached hydrogens (tertiary/aromatic N) is 3. The van der Waals surface area contributed by atoms with Gasteiger partial charge in [0.05, 0.1) is 18.6 Å². The molecule has 0 aliphatic carbocycles. The van der Waals surface area contributed by atoms with Crippen LogP contribution < -0.4 is 10.1 Å². The molecule has 0 saturated carbocycles. The maximum Gasteiger partial charge on any atom is 0.271 e. The molecule has 1 aromatic heterocycles. The van der Waals surface area contributed by atoms with E-state index in [2.05, 4.69) is 10.3 Å². The zero-order chi connectivity index (χ0) is 17.3. The third-order valence-corrected chi connectivity index (χ3v) is 5.75. The van der Waals surface area contributed by atoms with Crippen LogP contribution in [0.1, 0.15) is 16.3 Å². The van der Waals surface area contributed by atoms with Gasteiger partial charge in [0.1, 0.15) is 17.3 Å². The summed E-state index contributed by atoms with van der Waals surface area (Å²) in [5.41, 5.74) is 0.285. The number of nitrogens with one attached hydrogen (secondary N) is 1. The number of hydrogen-bond donors (Lipinski definition) is 1. The highest BCUT2D eigenvalue weighted by Crippen LogP contribution is 2.24. The molecule has 0 bridgehead atoms. The van der Waals surface area contributed by atoms with Gasteiger partial charge in [-0.25, -0.2) is 13.4 Å². The van der Waals surface area contributed by atoms with Crippen molar-refractivity contribution in [2.75, 3.05) is 20.7 Å². The first-order chi connectivity index (χ1) is 11.5. The van der Waals surface area contributed by atoms with Crippen molar-refractivity contribution in [2.24, 2.45) is 0 Å². The van der Waals surface area contributed by atoms with Crippen LogP contribution in [0.5, 0.6) is 5.75 Å². The fraction of sp³-hybridized carbons (Fsp3) is 0.333. The van der Waals surface area contributed by atoms with Crippen molar-refractivity contribution >= 4 is 15.9 Å².